The predicted molar refractivity (Wildman–Crippen MR) is 90.2 cm³/mol. The number of aliphatic carboxylic acids is 1. The maximum Gasteiger partial charge on any atom is 0.308 e. The zero-order valence-corrected chi connectivity index (χ0v) is 14.4. The fourth-order valence-corrected chi connectivity index (χ4v) is 2.10. The molecule has 0 aromatic heterocycles. The van der Waals surface area contributed by atoms with Crippen molar-refractivity contribution in [3.63, 3.8) is 0 Å². The Morgan fingerprint density at radius 3 is 2.33 bits per heavy atom. The first-order chi connectivity index (χ1) is 11.3. The number of ketones is 1. The first-order valence-electron chi connectivity index (χ1n) is 8.08. The molecule has 0 heterocycles. The number of carboxylic acids is 1. The number of hydrogen-bond acceptors (Lipinski definition) is 4. The van der Waals surface area contributed by atoms with Gasteiger partial charge < -0.3 is 14.7 Å². The summed E-state index contributed by atoms with van der Waals surface area (Å²) in [6.07, 6.45) is 1.08. The van der Waals surface area contributed by atoms with Crippen LogP contribution in [0.4, 0.5) is 0 Å². The van der Waals surface area contributed by atoms with E-state index in [0.717, 1.165) is 6.42 Å². The molecule has 0 saturated carbocycles. The van der Waals surface area contributed by atoms with Crippen molar-refractivity contribution in [2.45, 2.75) is 33.1 Å². The fraction of sp³-hybridized carbons (Fsp3) is 0.500. The van der Waals surface area contributed by atoms with Crippen LogP contribution in [0.3, 0.4) is 0 Å². The molecule has 0 aliphatic heterocycles. The van der Waals surface area contributed by atoms with Crippen LogP contribution in [-0.4, -0.2) is 47.9 Å². The summed E-state index contributed by atoms with van der Waals surface area (Å²) in [4.78, 5) is 36.2. The van der Waals surface area contributed by atoms with Gasteiger partial charge in [-0.15, -0.1) is 0 Å². The van der Waals surface area contributed by atoms with Crippen LogP contribution >= 0.6 is 0 Å². The molecular formula is C18H25NO5. The highest BCUT2D eigenvalue weighted by Crippen LogP contribution is 2.14. The zero-order valence-electron chi connectivity index (χ0n) is 14.4. The minimum absolute atomic E-state index is 0.0652. The number of hydrogen-bond donors (Lipinski definition) is 1. The second kappa shape index (κ2) is 9.70. The molecule has 0 bridgehead atoms. The van der Waals surface area contributed by atoms with Gasteiger partial charge in [-0.05, 0) is 30.7 Å². The van der Waals surface area contributed by atoms with Gasteiger partial charge in [0, 0.05) is 32.0 Å². The van der Waals surface area contributed by atoms with Gasteiger partial charge in [0.25, 0.3) is 0 Å². The monoisotopic (exact) mass is 335 g/mol. The topological polar surface area (TPSA) is 83.9 Å². The Kier molecular flexibility index (Phi) is 7.95. The van der Waals surface area contributed by atoms with Crippen LogP contribution in [0, 0.1) is 5.92 Å². The van der Waals surface area contributed by atoms with Gasteiger partial charge in [0.15, 0.2) is 5.78 Å². The molecule has 1 aromatic rings. The van der Waals surface area contributed by atoms with Crippen molar-refractivity contribution in [3.05, 3.63) is 29.8 Å². The molecule has 1 atom stereocenters. The van der Waals surface area contributed by atoms with Gasteiger partial charge in [-0.2, -0.15) is 0 Å². The molecule has 0 fully saturated rings. The van der Waals surface area contributed by atoms with Gasteiger partial charge >= 0.3 is 5.97 Å². The van der Waals surface area contributed by atoms with Crippen molar-refractivity contribution < 1.29 is 24.2 Å². The summed E-state index contributed by atoms with van der Waals surface area (Å²) in [5.74, 6) is -1.22. The molecule has 132 valence electrons. The Morgan fingerprint density at radius 1 is 1.17 bits per heavy atom. The minimum atomic E-state index is -0.948. The van der Waals surface area contributed by atoms with Crippen LogP contribution in [-0.2, 0) is 9.59 Å². The largest absolute Gasteiger partial charge is 0.494 e. The standard InChI is InChI=1S/C18H25NO5/c1-4-11-24-15-7-5-14(6-8-15)16(20)9-10-17(21)19(3)12-13(2)18(22)23/h5-8,13H,4,9-12H2,1-3H3,(H,22,23). The number of amides is 1. The summed E-state index contributed by atoms with van der Waals surface area (Å²) in [5, 5.41) is 8.85. The number of carbonyl (C=O) groups is 3. The van der Waals surface area contributed by atoms with E-state index in [1.54, 1.807) is 38.2 Å². The van der Waals surface area contributed by atoms with Crippen LogP contribution in [0.1, 0.15) is 43.5 Å². The van der Waals surface area contributed by atoms with E-state index in [1.807, 2.05) is 6.92 Å². The maximum atomic E-state index is 12.1. The summed E-state index contributed by atoms with van der Waals surface area (Å²) < 4.78 is 5.46. The molecular weight excluding hydrogens is 310 g/mol. The first kappa shape index (κ1) is 19.7. The maximum absolute atomic E-state index is 12.1. The molecule has 1 amide bonds. The van der Waals surface area contributed by atoms with Crippen LogP contribution in [0.25, 0.3) is 0 Å². The molecule has 0 spiro atoms. The van der Waals surface area contributed by atoms with E-state index in [4.69, 9.17) is 9.84 Å². The van der Waals surface area contributed by atoms with Gasteiger partial charge in [0.1, 0.15) is 5.75 Å². The Hall–Kier alpha value is -2.37. The average Bonchev–Trinajstić information content (AvgIpc) is 2.57. The van der Waals surface area contributed by atoms with E-state index < -0.39 is 11.9 Å². The van der Waals surface area contributed by atoms with Gasteiger partial charge in [-0.3, -0.25) is 14.4 Å². The van der Waals surface area contributed by atoms with Gasteiger partial charge in [0.05, 0.1) is 12.5 Å². The first-order valence-corrected chi connectivity index (χ1v) is 8.08. The molecule has 0 saturated heterocycles. The fourth-order valence-electron chi connectivity index (χ4n) is 2.10. The van der Waals surface area contributed by atoms with Crippen LogP contribution in [0.2, 0.25) is 0 Å². The summed E-state index contributed by atoms with van der Waals surface area (Å²) in [7, 11) is 1.55. The van der Waals surface area contributed by atoms with Crippen molar-refractivity contribution in [1.82, 2.24) is 4.90 Å². The predicted octanol–water partition coefficient (Wildman–Crippen LogP) is 2.62. The summed E-state index contributed by atoms with van der Waals surface area (Å²) in [5.41, 5.74) is 0.535. The molecule has 1 N–H and O–H groups in total. The molecule has 1 rings (SSSR count). The van der Waals surface area contributed by atoms with Crippen molar-refractivity contribution >= 4 is 17.7 Å². The normalized spacial score (nSPS) is 11.6. The van der Waals surface area contributed by atoms with Gasteiger partial charge in [0.2, 0.25) is 5.91 Å². The molecule has 6 heteroatoms. The number of benzene rings is 1. The molecule has 0 radical (unpaired) electrons. The molecule has 6 nitrogen and oxygen atoms in total. The van der Waals surface area contributed by atoms with E-state index in [1.165, 1.54) is 4.90 Å². The van der Waals surface area contributed by atoms with E-state index in [2.05, 4.69) is 0 Å². The summed E-state index contributed by atoms with van der Waals surface area (Å²) >= 11 is 0. The Morgan fingerprint density at radius 2 is 1.79 bits per heavy atom. The van der Waals surface area contributed by atoms with Crippen molar-refractivity contribution in [1.29, 1.82) is 0 Å². The number of rotatable bonds is 10. The molecule has 0 aliphatic carbocycles. The molecule has 0 aliphatic rings. The lowest BCUT2D eigenvalue weighted by Crippen LogP contribution is -2.33. The summed E-state index contributed by atoms with van der Waals surface area (Å²) in [6.45, 7) is 4.32. The third kappa shape index (κ3) is 6.40. The second-order valence-corrected chi connectivity index (χ2v) is 5.81. The quantitative estimate of drug-likeness (QED) is 0.665. The second-order valence-electron chi connectivity index (χ2n) is 5.81. The van der Waals surface area contributed by atoms with E-state index in [9.17, 15) is 14.4 Å². The highest BCUT2D eigenvalue weighted by molar-refractivity contribution is 5.98. The molecule has 1 unspecified atom stereocenters. The number of Topliss-reactive ketones (excluding diaryl/α,β-unsaturated/α-hetero) is 1. The van der Waals surface area contributed by atoms with Crippen molar-refractivity contribution in [2.24, 2.45) is 5.92 Å². The van der Waals surface area contributed by atoms with Crippen molar-refractivity contribution in [2.75, 3.05) is 20.2 Å². The average molecular weight is 335 g/mol. The highest BCUT2D eigenvalue weighted by atomic mass is 16.5. The molecule has 1 aromatic carbocycles. The summed E-state index contributed by atoms with van der Waals surface area (Å²) in [6, 6.07) is 6.86. The number of carboxylic acid groups (broad SMARTS) is 1. The Labute approximate surface area is 142 Å². The van der Waals surface area contributed by atoms with Crippen LogP contribution in [0.15, 0.2) is 24.3 Å². The van der Waals surface area contributed by atoms with Gasteiger partial charge in [-0.1, -0.05) is 13.8 Å². The highest BCUT2D eigenvalue weighted by Gasteiger charge is 2.18. The lowest BCUT2D eigenvalue weighted by Gasteiger charge is -2.19. The molecule has 24 heavy (non-hydrogen) atoms. The zero-order chi connectivity index (χ0) is 18.1. The lowest BCUT2D eigenvalue weighted by atomic mass is 10.1. The SMILES string of the molecule is CCCOc1ccc(C(=O)CCC(=O)N(C)CC(C)C(=O)O)cc1. The third-order valence-corrected chi connectivity index (χ3v) is 3.61. The van der Waals surface area contributed by atoms with E-state index >= 15 is 0 Å². The number of ether oxygens (including phenoxy) is 1. The van der Waals surface area contributed by atoms with Crippen LogP contribution in [0.5, 0.6) is 5.75 Å². The smallest absolute Gasteiger partial charge is 0.308 e. The van der Waals surface area contributed by atoms with Gasteiger partial charge in [-0.25, -0.2) is 0 Å². The Balaban J connectivity index is 2.47. The lowest BCUT2D eigenvalue weighted by molar-refractivity contribution is -0.142. The Bertz CT molecular complexity index is 567. The number of nitrogens with zero attached hydrogens (tertiary/aromatic N) is 1. The van der Waals surface area contributed by atoms with Crippen molar-refractivity contribution in [3.8, 4) is 5.75 Å². The third-order valence-electron chi connectivity index (χ3n) is 3.61. The van der Waals surface area contributed by atoms with Crippen LogP contribution < -0.4 is 4.74 Å². The van der Waals surface area contributed by atoms with E-state index in [-0.39, 0.29) is 31.1 Å². The number of carbonyl (C=O) groups excluding carboxylic acids is 2. The minimum Gasteiger partial charge on any atom is -0.494 e. The van der Waals surface area contributed by atoms with E-state index in [0.29, 0.717) is 17.9 Å².